The molecular formula is C12H17N5S. The first-order valence-corrected chi connectivity index (χ1v) is 6.22. The van der Waals surface area contributed by atoms with Crippen molar-refractivity contribution >= 4 is 12.2 Å². The van der Waals surface area contributed by atoms with E-state index in [1.165, 1.54) is 0 Å². The zero-order chi connectivity index (χ0) is 13.1. The van der Waals surface area contributed by atoms with Crippen LogP contribution in [-0.2, 0) is 6.54 Å². The van der Waals surface area contributed by atoms with Crippen LogP contribution in [0.15, 0.2) is 24.5 Å². The summed E-state index contributed by atoms with van der Waals surface area (Å²) in [6, 6.07) is 4.25. The minimum absolute atomic E-state index is 0.384. The van der Waals surface area contributed by atoms with Gasteiger partial charge in [0.05, 0.1) is 0 Å². The van der Waals surface area contributed by atoms with Crippen LogP contribution in [0.3, 0.4) is 0 Å². The molecule has 0 fully saturated rings. The minimum Gasteiger partial charge on any atom is -0.305 e. The smallest absolute Gasteiger partial charge is 0.195 e. The Kier molecular flexibility index (Phi) is 3.88. The number of likely N-dealkylation sites (N-methyl/N-ethyl adjacent to an activating group) is 1. The molecule has 0 aliphatic rings. The summed E-state index contributed by atoms with van der Waals surface area (Å²) in [4.78, 5) is 6.17. The Labute approximate surface area is 111 Å². The molecule has 0 spiro atoms. The molecule has 0 saturated carbocycles. The number of nitrogens with one attached hydrogen (secondary N) is 1. The third kappa shape index (κ3) is 2.65. The van der Waals surface area contributed by atoms with Gasteiger partial charge in [-0.2, -0.15) is 5.10 Å². The third-order valence-electron chi connectivity index (χ3n) is 3.03. The molecule has 18 heavy (non-hydrogen) atoms. The van der Waals surface area contributed by atoms with E-state index in [9.17, 15) is 0 Å². The zero-order valence-corrected chi connectivity index (χ0v) is 11.6. The first-order valence-electron chi connectivity index (χ1n) is 5.81. The molecule has 0 amide bonds. The van der Waals surface area contributed by atoms with Crippen molar-refractivity contribution in [1.82, 2.24) is 24.6 Å². The molecule has 0 aliphatic carbocycles. The Morgan fingerprint density at radius 1 is 1.39 bits per heavy atom. The largest absolute Gasteiger partial charge is 0.305 e. The highest BCUT2D eigenvalue weighted by Crippen LogP contribution is 2.16. The SMILES string of the molecule is CC(Cn1c(-c2ccncc2)n[nH]c1=S)N(C)C. The van der Waals surface area contributed by atoms with Crippen LogP contribution in [0.5, 0.6) is 0 Å². The maximum absolute atomic E-state index is 5.29. The van der Waals surface area contributed by atoms with E-state index in [0.717, 1.165) is 17.9 Å². The van der Waals surface area contributed by atoms with Gasteiger partial charge in [0.1, 0.15) is 0 Å². The first-order chi connectivity index (χ1) is 8.59. The number of nitrogens with zero attached hydrogens (tertiary/aromatic N) is 4. The summed E-state index contributed by atoms with van der Waals surface area (Å²) in [5.74, 6) is 0.858. The molecule has 0 aliphatic heterocycles. The van der Waals surface area contributed by atoms with Crippen molar-refractivity contribution in [2.45, 2.75) is 19.5 Å². The van der Waals surface area contributed by atoms with Crippen molar-refractivity contribution < 1.29 is 0 Å². The van der Waals surface area contributed by atoms with Gasteiger partial charge in [-0.3, -0.25) is 14.6 Å². The molecule has 2 aromatic heterocycles. The third-order valence-corrected chi connectivity index (χ3v) is 3.34. The molecule has 1 N–H and O–H groups in total. The molecule has 6 heteroatoms. The molecule has 1 atom stereocenters. The lowest BCUT2D eigenvalue weighted by molar-refractivity contribution is 0.283. The molecule has 1 unspecified atom stereocenters. The Hall–Kier alpha value is -1.53. The summed E-state index contributed by atoms with van der Waals surface area (Å²) in [6.45, 7) is 2.96. The lowest BCUT2D eigenvalue weighted by Crippen LogP contribution is -2.29. The summed E-state index contributed by atoms with van der Waals surface area (Å²) in [7, 11) is 4.11. The van der Waals surface area contributed by atoms with Gasteiger partial charge in [0.25, 0.3) is 0 Å². The molecule has 5 nitrogen and oxygen atoms in total. The van der Waals surface area contributed by atoms with Gasteiger partial charge >= 0.3 is 0 Å². The number of aromatic amines is 1. The highest BCUT2D eigenvalue weighted by atomic mass is 32.1. The number of hydrogen-bond acceptors (Lipinski definition) is 4. The Bertz CT molecular complexity index is 557. The van der Waals surface area contributed by atoms with Crippen molar-refractivity contribution in [2.75, 3.05) is 14.1 Å². The standard InChI is InChI=1S/C12H17N5S/c1-9(16(2)3)8-17-11(14-15-12(17)18)10-4-6-13-7-5-10/h4-7,9H,8H2,1-3H3,(H,15,18). The Morgan fingerprint density at radius 3 is 2.67 bits per heavy atom. The van der Waals surface area contributed by atoms with E-state index in [0.29, 0.717) is 10.8 Å². The molecule has 2 aromatic rings. The van der Waals surface area contributed by atoms with Crippen molar-refractivity contribution in [1.29, 1.82) is 0 Å². The topological polar surface area (TPSA) is 49.7 Å². The van der Waals surface area contributed by atoms with E-state index < -0.39 is 0 Å². The van der Waals surface area contributed by atoms with Gasteiger partial charge in [-0.1, -0.05) is 0 Å². The quantitative estimate of drug-likeness (QED) is 0.857. The normalized spacial score (nSPS) is 12.9. The van der Waals surface area contributed by atoms with Crippen molar-refractivity contribution in [3.63, 3.8) is 0 Å². The predicted octanol–water partition coefficient (Wildman–Crippen LogP) is 1.95. The van der Waals surface area contributed by atoms with Crippen LogP contribution in [0.25, 0.3) is 11.4 Å². The predicted molar refractivity (Wildman–Crippen MR) is 73.8 cm³/mol. The fourth-order valence-electron chi connectivity index (χ4n) is 1.64. The molecule has 0 radical (unpaired) electrons. The first kappa shape index (κ1) is 12.9. The number of hydrogen-bond donors (Lipinski definition) is 1. The lowest BCUT2D eigenvalue weighted by Gasteiger charge is -2.20. The summed E-state index contributed by atoms with van der Waals surface area (Å²) in [5.41, 5.74) is 1.02. The minimum atomic E-state index is 0.384. The van der Waals surface area contributed by atoms with E-state index >= 15 is 0 Å². The van der Waals surface area contributed by atoms with Gasteiger partial charge in [0.15, 0.2) is 10.6 Å². The number of pyridine rings is 1. The van der Waals surface area contributed by atoms with Gasteiger partial charge in [0.2, 0.25) is 0 Å². The van der Waals surface area contributed by atoms with Crippen LogP contribution >= 0.6 is 12.2 Å². The average Bonchev–Trinajstić information content (AvgIpc) is 2.72. The fraction of sp³-hybridized carbons (Fsp3) is 0.417. The maximum Gasteiger partial charge on any atom is 0.195 e. The number of rotatable bonds is 4. The van der Waals surface area contributed by atoms with E-state index in [-0.39, 0.29) is 0 Å². The molecule has 2 rings (SSSR count). The molecule has 0 bridgehead atoms. The van der Waals surface area contributed by atoms with Crippen LogP contribution in [0, 0.1) is 4.77 Å². The summed E-state index contributed by atoms with van der Waals surface area (Å²) in [6.07, 6.45) is 3.51. The van der Waals surface area contributed by atoms with Gasteiger partial charge < -0.3 is 4.90 Å². The Balaban J connectivity index is 2.37. The second-order valence-electron chi connectivity index (χ2n) is 4.51. The van der Waals surface area contributed by atoms with Crippen LogP contribution in [-0.4, -0.2) is 44.8 Å². The van der Waals surface area contributed by atoms with Crippen molar-refractivity contribution in [3.05, 3.63) is 29.3 Å². The molecule has 0 saturated heterocycles. The monoisotopic (exact) mass is 263 g/mol. The van der Waals surface area contributed by atoms with Crippen LogP contribution < -0.4 is 0 Å². The van der Waals surface area contributed by atoms with Crippen LogP contribution in [0.1, 0.15) is 6.92 Å². The maximum atomic E-state index is 5.29. The summed E-state index contributed by atoms with van der Waals surface area (Å²) >= 11 is 5.29. The lowest BCUT2D eigenvalue weighted by atomic mass is 10.2. The molecule has 96 valence electrons. The second kappa shape index (κ2) is 5.41. The molecular weight excluding hydrogens is 246 g/mol. The van der Waals surface area contributed by atoms with Crippen LogP contribution in [0.2, 0.25) is 0 Å². The molecule has 0 aromatic carbocycles. The highest BCUT2D eigenvalue weighted by molar-refractivity contribution is 7.71. The summed E-state index contributed by atoms with van der Waals surface area (Å²) in [5, 5.41) is 7.15. The van der Waals surface area contributed by atoms with Crippen molar-refractivity contribution in [3.8, 4) is 11.4 Å². The van der Waals surface area contributed by atoms with E-state index in [4.69, 9.17) is 12.2 Å². The van der Waals surface area contributed by atoms with Gasteiger partial charge in [-0.05, 0) is 45.4 Å². The van der Waals surface area contributed by atoms with E-state index in [1.807, 2.05) is 16.7 Å². The van der Waals surface area contributed by atoms with E-state index in [1.54, 1.807) is 12.4 Å². The van der Waals surface area contributed by atoms with Gasteiger partial charge in [-0.15, -0.1) is 0 Å². The summed E-state index contributed by atoms with van der Waals surface area (Å²) < 4.78 is 2.67. The van der Waals surface area contributed by atoms with Crippen molar-refractivity contribution in [2.24, 2.45) is 0 Å². The number of H-pyrrole nitrogens is 1. The fourth-order valence-corrected chi connectivity index (χ4v) is 1.84. The Morgan fingerprint density at radius 2 is 2.06 bits per heavy atom. The second-order valence-corrected chi connectivity index (χ2v) is 4.90. The van der Waals surface area contributed by atoms with Gasteiger partial charge in [-0.25, -0.2) is 0 Å². The zero-order valence-electron chi connectivity index (χ0n) is 10.8. The molecule has 2 heterocycles. The average molecular weight is 263 g/mol. The van der Waals surface area contributed by atoms with Gasteiger partial charge in [0, 0.05) is 30.5 Å². The van der Waals surface area contributed by atoms with E-state index in [2.05, 4.69) is 41.1 Å². The van der Waals surface area contributed by atoms with Crippen LogP contribution in [0.4, 0.5) is 0 Å². The highest BCUT2D eigenvalue weighted by Gasteiger charge is 2.12. The number of aromatic nitrogens is 4.